The average Bonchev–Trinajstić information content (AvgIpc) is 2.74. The number of nitrogens with zero attached hydrogens (tertiary/aromatic N) is 3. The Labute approximate surface area is 105 Å². The van der Waals surface area contributed by atoms with E-state index >= 15 is 0 Å². The Morgan fingerprint density at radius 3 is 3.00 bits per heavy atom. The van der Waals surface area contributed by atoms with Gasteiger partial charge < -0.3 is 9.67 Å². The second-order valence-corrected chi connectivity index (χ2v) is 4.37. The summed E-state index contributed by atoms with van der Waals surface area (Å²) in [6, 6.07) is 3.70. The van der Waals surface area contributed by atoms with E-state index in [1.165, 1.54) is 0 Å². The Kier molecular flexibility index (Phi) is 3.41. The molecule has 2 aromatic heterocycles. The van der Waals surface area contributed by atoms with Crippen LogP contribution in [0.25, 0.3) is 0 Å². The second kappa shape index (κ2) is 5.00. The van der Waals surface area contributed by atoms with Crippen molar-refractivity contribution in [3.05, 3.63) is 48.3 Å². The van der Waals surface area contributed by atoms with Gasteiger partial charge in [-0.1, -0.05) is 0 Å². The van der Waals surface area contributed by atoms with Crippen LogP contribution in [0, 0.1) is 0 Å². The number of aliphatic carboxylic acids is 1. The van der Waals surface area contributed by atoms with Crippen LogP contribution in [-0.4, -0.2) is 20.6 Å². The summed E-state index contributed by atoms with van der Waals surface area (Å²) < 4.78 is 3.91. The van der Waals surface area contributed by atoms with Gasteiger partial charge in [0.2, 0.25) is 0 Å². The summed E-state index contributed by atoms with van der Waals surface area (Å²) >= 11 is 0. The molecular weight excluding hydrogens is 230 g/mol. The smallest absolute Gasteiger partial charge is 0.310 e. The Hall–Kier alpha value is -2.17. The minimum absolute atomic E-state index is 0.496. The predicted octanol–water partition coefficient (Wildman–Crippen LogP) is 0.944. The average molecular weight is 246 g/mol. The minimum atomic E-state index is -0.812. The van der Waals surface area contributed by atoms with Crippen LogP contribution in [0.15, 0.2) is 37.1 Å². The summed E-state index contributed by atoms with van der Waals surface area (Å²) in [5.74, 6) is -1.31. The van der Waals surface area contributed by atoms with E-state index in [4.69, 9.17) is 5.11 Å². The first-order valence-electron chi connectivity index (χ1n) is 5.75. The van der Waals surface area contributed by atoms with Gasteiger partial charge >= 0.3 is 5.97 Å². The standard InChI is InChI=1S/C13H15N3O2/c1-10(13(17)18)11-4-3-5-16(7-11)8-12-6-14-9-15(12)2/h3-7,9-10H,8H2,1-2H3/p+1. The Morgan fingerprint density at radius 2 is 2.39 bits per heavy atom. The normalized spacial score (nSPS) is 12.3. The number of aromatic nitrogens is 3. The summed E-state index contributed by atoms with van der Waals surface area (Å²) in [7, 11) is 1.94. The van der Waals surface area contributed by atoms with Gasteiger partial charge in [-0.05, 0) is 13.0 Å². The van der Waals surface area contributed by atoms with E-state index in [0.717, 1.165) is 11.3 Å². The zero-order valence-electron chi connectivity index (χ0n) is 10.4. The first-order valence-corrected chi connectivity index (χ1v) is 5.75. The highest BCUT2D eigenvalue weighted by molar-refractivity contribution is 5.75. The molecule has 0 spiro atoms. The van der Waals surface area contributed by atoms with Crippen molar-refractivity contribution in [1.82, 2.24) is 9.55 Å². The van der Waals surface area contributed by atoms with E-state index in [1.54, 1.807) is 19.4 Å². The first kappa shape index (κ1) is 12.3. The molecule has 1 unspecified atom stereocenters. The van der Waals surface area contributed by atoms with Crippen LogP contribution >= 0.6 is 0 Å². The maximum Gasteiger partial charge on any atom is 0.310 e. The number of carbonyl (C=O) groups is 1. The van der Waals surface area contributed by atoms with Crippen molar-refractivity contribution in [2.24, 2.45) is 7.05 Å². The zero-order valence-corrected chi connectivity index (χ0v) is 10.4. The fraction of sp³-hybridized carbons (Fsp3) is 0.308. The van der Waals surface area contributed by atoms with Crippen LogP contribution in [0.3, 0.4) is 0 Å². The van der Waals surface area contributed by atoms with Gasteiger partial charge in [0.1, 0.15) is 5.69 Å². The van der Waals surface area contributed by atoms with Crippen molar-refractivity contribution in [3.63, 3.8) is 0 Å². The number of carboxylic acid groups (broad SMARTS) is 1. The molecule has 0 bridgehead atoms. The van der Waals surface area contributed by atoms with Crippen molar-refractivity contribution in [3.8, 4) is 0 Å². The number of pyridine rings is 1. The van der Waals surface area contributed by atoms with Gasteiger partial charge in [-0.3, -0.25) is 4.79 Å². The molecule has 0 amide bonds. The molecule has 2 aromatic rings. The van der Waals surface area contributed by atoms with Gasteiger partial charge in [0.05, 0.1) is 18.4 Å². The van der Waals surface area contributed by atoms with Crippen molar-refractivity contribution in [2.75, 3.05) is 0 Å². The molecule has 5 nitrogen and oxygen atoms in total. The third-order valence-corrected chi connectivity index (χ3v) is 3.01. The summed E-state index contributed by atoms with van der Waals surface area (Å²) in [5, 5.41) is 9.00. The molecule has 0 saturated carbocycles. The maximum atomic E-state index is 11.0. The number of carboxylic acids is 1. The lowest BCUT2D eigenvalue weighted by Gasteiger charge is -2.05. The topological polar surface area (TPSA) is 59.0 Å². The molecular formula is C13H16N3O2+. The van der Waals surface area contributed by atoms with Crippen LogP contribution in [-0.2, 0) is 18.4 Å². The van der Waals surface area contributed by atoms with E-state index in [1.807, 2.05) is 40.7 Å². The molecule has 2 rings (SSSR count). The second-order valence-electron chi connectivity index (χ2n) is 4.37. The van der Waals surface area contributed by atoms with Crippen LogP contribution in [0.4, 0.5) is 0 Å². The lowest BCUT2D eigenvalue weighted by Crippen LogP contribution is -2.35. The SMILES string of the molecule is CC(C(=O)O)c1ccc[n+](Cc2cncn2C)c1. The number of aryl methyl sites for hydroxylation is 1. The van der Waals surface area contributed by atoms with Gasteiger partial charge in [0.15, 0.2) is 18.9 Å². The first-order chi connectivity index (χ1) is 8.58. The molecule has 5 heteroatoms. The minimum Gasteiger partial charge on any atom is -0.481 e. The molecule has 0 fully saturated rings. The molecule has 0 radical (unpaired) electrons. The molecule has 94 valence electrons. The quantitative estimate of drug-likeness (QED) is 0.817. The molecule has 0 aliphatic heterocycles. The molecule has 0 aliphatic carbocycles. The lowest BCUT2D eigenvalue weighted by atomic mass is 10.0. The third-order valence-electron chi connectivity index (χ3n) is 3.01. The van der Waals surface area contributed by atoms with Crippen molar-refractivity contribution in [1.29, 1.82) is 0 Å². The zero-order chi connectivity index (χ0) is 13.1. The highest BCUT2D eigenvalue weighted by Gasteiger charge is 2.17. The lowest BCUT2D eigenvalue weighted by molar-refractivity contribution is -0.689. The van der Waals surface area contributed by atoms with Gasteiger partial charge in [0, 0.05) is 18.7 Å². The number of rotatable bonds is 4. The van der Waals surface area contributed by atoms with Crippen molar-refractivity contribution >= 4 is 5.97 Å². The van der Waals surface area contributed by atoms with Gasteiger partial charge in [0.25, 0.3) is 0 Å². The molecule has 0 aromatic carbocycles. The van der Waals surface area contributed by atoms with Gasteiger partial charge in [-0.15, -0.1) is 0 Å². The van der Waals surface area contributed by atoms with Crippen LogP contribution < -0.4 is 4.57 Å². The summed E-state index contributed by atoms with van der Waals surface area (Å²) in [4.78, 5) is 15.0. The molecule has 1 N–H and O–H groups in total. The number of hydrogen-bond acceptors (Lipinski definition) is 2. The van der Waals surface area contributed by atoms with Crippen molar-refractivity contribution < 1.29 is 14.5 Å². The monoisotopic (exact) mass is 246 g/mol. The summed E-state index contributed by atoms with van der Waals surface area (Å²) in [6.07, 6.45) is 7.34. The van der Waals surface area contributed by atoms with E-state index in [0.29, 0.717) is 6.54 Å². The van der Waals surface area contributed by atoms with Gasteiger partial charge in [-0.2, -0.15) is 4.57 Å². The molecule has 1 atom stereocenters. The van der Waals surface area contributed by atoms with Crippen LogP contribution in [0.2, 0.25) is 0 Å². The largest absolute Gasteiger partial charge is 0.481 e. The molecule has 0 saturated heterocycles. The Balaban J connectivity index is 2.23. The highest BCUT2D eigenvalue weighted by Crippen LogP contribution is 2.12. The highest BCUT2D eigenvalue weighted by atomic mass is 16.4. The fourth-order valence-corrected chi connectivity index (χ4v) is 1.76. The Bertz CT molecular complexity index is 563. The molecule has 18 heavy (non-hydrogen) atoms. The van der Waals surface area contributed by atoms with Crippen molar-refractivity contribution in [2.45, 2.75) is 19.4 Å². The number of imidazole rings is 1. The van der Waals surface area contributed by atoms with E-state index < -0.39 is 11.9 Å². The van der Waals surface area contributed by atoms with Crippen LogP contribution in [0.5, 0.6) is 0 Å². The molecule has 2 heterocycles. The van der Waals surface area contributed by atoms with Crippen LogP contribution in [0.1, 0.15) is 24.1 Å². The van der Waals surface area contributed by atoms with E-state index in [-0.39, 0.29) is 0 Å². The number of hydrogen-bond donors (Lipinski definition) is 1. The fourth-order valence-electron chi connectivity index (χ4n) is 1.76. The summed E-state index contributed by atoms with van der Waals surface area (Å²) in [5.41, 5.74) is 1.87. The van der Waals surface area contributed by atoms with Gasteiger partial charge in [-0.25, -0.2) is 4.98 Å². The summed E-state index contributed by atoms with van der Waals surface area (Å²) in [6.45, 7) is 2.36. The van der Waals surface area contributed by atoms with E-state index in [9.17, 15) is 4.79 Å². The predicted molar refractivity (Wildman–Crippen MR) is 65.0 cm³/mol. The molecule has 0 aliphatic rings. The maximum absolute atomic E-state index is 11.0. The third kappa shape index (κ3) is 2.56. The Morgan fingerprint density at radius 1 is 1.61 bits per heavy atom. The van der Waals surface area contributed by atoms with E-state index in [2.05, 4.69) is 4.98 Å².